The van der Waals surface area contributed by atoms with E-state index in [1.807, 2.05) is 60.7 Å². The number of ether oxygens (including phenoxy) is 1. The maximum absolute atomic E-state index is 12.6. The number of phenolic OH excluding ortho intramolecular Hbond substituents is 2. The molecule has 0 spiro atoms. The Morgan fingerprint density at radius 2 is 1.31 bits per heavy atom. The highest BCUT2D eigenvalue weighted by Crippen LogP contribution is 2.30. The third kappa shape index (κ3) is 3.84. The summed E-state index contributed by atoms with van der Waals surface area (Å²) < 4.78 is 5.70. The number of carbonyl (C=O) groups is 1. The molecule has 3 rings (SSSR count). The van der Waals surface area contributed by atoms with Crippen LogP contribution in [0.15, 0.2) is 78.9 Å². The first-order valence-electron chi connectivity index (χ1n) is 8.14. The van der Waals surface area contributed by atoms with Crippen molar-refractivity contribution in [3.63, 3.8) is 0 Å². The van der Waals surface area contributed by atoms with Crippen molar-refractivity contribution in [3.8, 4) is 11.5 Å². The fraction of sp³-hybridized carbons (Fsp3) is 0.0952. The summed E-state index contributed by atoms with van der Waals surface area (Å²) in [5.74, 6) is -1.25. The second kappa shape index (κ2) is 7.72. The smallest absolute Gasteiger partial charge is 0.328 e. The topological polar surface area (TPSA) is 92.8 Å². The normalized spacial score (nSPS) is 11.9. The minimum atomic E-state index is -1.09. The molecule has 0 aliphatic rings. The number of aromatic hydroxyl groups is 2. The van der Waals surface area contributed by atoms with Crippen molar-refractivity contribution in [1.82, 2.24) is 0 Å². The van der Waals surface area contributed by atoms with Gasteiger partial charge in [-0.05, 0) is 28.8 Å². The van der Waals surface area contributed by atoms with Crippen molar-refractivity contribution >= 4 is 5.97 Å². The van der Waals surface area contributed by atoms with Gasteiger partial charge >= 0.3 is 5.97 Å². The number of hydrogen-bond acceptors (Lipinski definition) is 5. The Morgan fingerprint density at radius 1 is 0.769 bits per heavy atom. The molecule has 0 aliphatic carbocycles. The third-order valence-corrected chi connectivity index (χ3v) is 4.05. The van der Waals surface area contributed by atoms with Crippen LogP contribution in [0.4, 0.5) is 0 Å². The van der Waals surface area contributed by atoms with Gasteiger partial charge in [0.15, 0.2) is 17.6 Å². The van der Waals surface area contributed by atoms with Gasteiger partial charge in [0.1, 0.15) is 6.04 Å². The largest absolute Gasteiger partial charge is 0.504 e. The fourth-order valence-corrected chi connectivity index (χ4v) is 2.64. The van der Waals surface area contributed by atoms with Crippen LogP contribution in [0.2, 0.25) is 0 Å². The van der Waals surface area contributed by atoms with Gasteiger partial charge in [0.05, 0.1) is 0 Å². The van der Waals surface area contributed by atoms with Gasteiger partial charge in [-0.1, -0.05) is 66.7 Å². The number of carbonyl (C=O) groups excluding carboxylic acids is 1. The molecule has 0 fully saturated rings. The van der Waals surface area contributed by atoms with E-state index in [-0.39, 0.29) is 11.5 Å². The second-order valence-corrected chi connectivity index (χ2v) is 5.86. The highest BCUT2D eigenvalue weighted by molar-refractivity contribution is 5.78. The Labute approximate surface area is 151 Å². The van der Waals surface area contributed by atoms with Gasteiger partial charge in [0.2, 0.25) is 0 Å². The zero-order valence-electron chi connectivity index (χ0n) is 13.9. The number of esters is 1. The predicted molar refractivity (Wildman–Crippen MR) is 97.5 cm³/mol. The Hall–Kier alpha value is -3.31. The number of nitrogens with two attached hydrogens (primary N) is 1. The maximum Gasteiger partial charge on any atom is 0.328 e. The summed E-state index contributed by atoms with van der Waals surface area (Å²) in [6, 6.07) is 21.7. The fourth-order valence-electron chi connectivity index (χ4n) is 2.64. The van der Waals surface area contributed by atoms with E-state index < -0.39 is 18.1 Å². The maximum atomic E-state index is 12.6. The molecule has 26 heavy (non-hydrogen) atoms. The number of rotatable bonds is 5. The first-order chi connectivity index (χ1) is 12.6. The van der Waals surface area contributed by atoms with Crippen molar-refractivity contribution in [3.05, 3.63) is 95.6 Å². The summed E-state index contributed by atoms with van der Waals surface area (Å²) in [5, 5.41) is 19.0. The van der Waals surface area contributed by atoms with E-state index in [9.17, 15) is 15.0 Å². The van der Waals surface area contributed by atoms with E-state index in [1.165, 1.54) is 18.2 Å². The average Bonchev–Trinajstić information content (AvgIpc) is 2.69. The lowest BCUT2D eigenvalue weighted by Gasteiger charge is -2.21. The molecule has 1 unspecified atom stereocenters. The summed E-state index contributed by atoms with van der Waals surface area (Å²) in [6.45, 7) is 0. The zero-order valence-corrected chi connectivity index (χ0v) is 13.9. The minimum absolute atomic E-state index is 0.277. The highest BCUT2D eigenvalue weighted by Gasteiger charge is 2.24. The molecule has 3 aromatic carbocycles. The molecular formula is C21H19NO4. The molecule has 1 atom stereocenters. The van der Waals surface area contributed by atoms with Crippen LogP contribution in [0.25, 0.3) is 0 Å². The van der Waals surface area contributed by atoms with Gasteiger partial charge in [-0.15, -0.1) is 0 Å². The second-order valence-electron chi connectivity index (χ2n) is 5.86. The lowest BCUT2D eigenvalue weighted by Crippen LogP contribution is -2.25. The van der Waals surface area contributed by atoms with Crippen molar-refractivity contribution in [2.24, 2.45) is 5.73 Å². The summed E-state index contributed by atoms with van der Waals surface area (Å²) in [4.78, 5) is 12.6. The van der Waals surface area contributed by atoms with E-state index in [1.54, 1.807) is 0 Å². The Morgan fingerprint density at radius 3 is 1.81 bits per heavy atom. The molecule has 4 N–H and O–H groups in total. The van der Waals surface area contributed by atoms with Crippen LogP contribution in [0.1, 0.15) is 28.8 Å². The van der Waals surface area contributed by atoms with Crippen molar-refractivity contribution < 1.29 is 19.7 Å². The van der Waals surface area contributed by atoms with Crippen LogP contribution in [-0.2, 0) is 9.53 Å². The van der Waals surface area contributed by atoms with Gasteiger partial charge < -0.3 is 20.7 Å². The van der Waals surface area contributed by atoms with Gasteiger partial charge in [0, 0.05) is 0 Å². The number of benzene rings is 3. The molecule has 0 heterocycles. The molecule has 0 saturated carbocycles. The molecule has 0 aromatic heterocycles. The van der Waals surface area contributed by atoms with Crippen molar-refractivity contribution in [2.45, 2.75) is 12.1 Å². The molecule has 0 radical (unpaired) electrons. The van der Waals surface area contributed by atoms with E-state index >= 15 is 0 Å². The van der Waals surface area contributed by atoms with Crippen LogP contribution in [0, 0.1) is 0 Å². The van der Waals surface area contributed by atoms with Crippen LogP contribution in [0.3, 0.4) is 0 Å². The molecule has 132 valence electrons. The van der Waals surface area contributed by atoms with E-state index in [4.69, 9.17) is 10.5 Å². The molecule has 0 bridgehead atoms. The summed E-state index contributed by atoms with van der Waals surface area (Å²) >= 11 is 0. The van der Waals surface area contributed by atoms with Gasteiger partial charge in [-0.2, -0.15) is 0 Å². The summed E-state index contributed by atoms with van der Waals surface area (Å²) in [7, 11) is 0. The molecule has 0 amide bonds. The van der Waals surface area contributed by atoms with Crippen LogP contribution in [-0.4, -0.2) is 16.2 Å². The zero-order chi connectivity index (χ0) is 18.5. The predicted octanol–water partition coefficient (Wildman–Crippen LogP) is 3.43. The standard InChI is InChI=1S/C21H19NO4/c22-19(16-11-12-17(23)18(24)13-16)21(25)26-20(14-7-3-1-4-8-14)15-9-5-2-6-10-15/h1-13,19-20,23-24H,22H2. The summed E-state index contributed by atoms with van der Waals surface area (Å²) in [6.07, 6.45) is -0.596. The minimum Gasteiger partial charge on any atom is -0.504 e. The lowest BCUT2D eigenvalue weighted by atomic mass is 10.0. The Kier molecular flexibility index (Phi) is 5.20. The van der Waals surface area contributed by atoms with E-state index in [2.05, 4.69) is 0 Å². The molecule has 0 aliphatic heterocycles. The van der Waals surface area contributed by atoms with Gasteiger partial charge in [0.25, 0.3) is 0 Å². The number of hydrogen-bond donors (Lipinski definition) is 3. The Balaban J connectivity index is 1.86. The molecule has 3 aromatic rings. The van der Waals surface area contributed by atoms with Crippen LogP contribution >= 0.6 is 0 Å². The highest BCUT2D eigenvalue weighted by atomic mass is 16.5. The molecule has 5 heteroatoms. The Bertz CT molecular complexity index is 842. The van der Waals surface area contributed by atoms with E-state index in [0.717, 1.165) is 11.1 Å². The molecule has 5 nitrogen and oxygen atoms in total. The number of phenols is 2. The first-order valence-corrected chi connectivity index (χ1v) is 8.14. The van der Waals surface area contributed by atoms with Gasteiger partial charge in [-0.25, -0.2) is 4.79 Å². The monoisotopic (exact) mass is 349 g/mol. The molecular weight excluding hydrogens is 330 g/mol. The first kappa shape index (κ1) is 17.5. The molecule has 0 saturated heterocycles. The van der Waals surface area contributed by atoms with Crippen molar-refractivity contribution in [1.29, 1.82) is 0 Å². The lowest BCUT2D eigenvalue weighted by molar-refractivity contribution is -0.149. The van der Waals surface area contributed by atoms with Gasteiger partial charge in [-0.3, -0.25) is 0 Å². The van der Waals surface area contributed by atoms with E-state index in [0.29, 0.717) is 5.56 Å². The SMILES string of the molecule is NC(C(=O)OC(c1ccccc1)c1ccccc1)c1ccc(O)c(O)c1. The van der Waals surface area contributed by atoms with Crippen molar-refractivity contribution in [2.75, 3.05) is 0 Å². The quantitative estimate of drug-likeness (QED) is 0.485. The summed E-state index contributed by atoms with van der Waals surface area (Å²) in [5.41, 5.74) is 8.00. The van der Waals surface area contributed by atoms with Crippen LogP contribution < -0.4 is 5.73 Å². The third-order valence-electron chi connectivity index (χ3n) is 4.05. The van der Waals surface area contributed by atoms with Crippen LogP contribution in [0.5, 0.6) is 11.5 Å². The average molecular weight is 349 g/mol.